The molecule has 1 aromatic heterocycles. The molecule has 0 aliphatic carbocycles. The van der Waals surface area contributed by atoms with Crippen molar-refractivity contribution in [3.63, 3.8) is 0 Å². The average molecular weight is 525 g/mol. The number of nitriles is 1. The van der Waals surface area contributed by atoms with Gasteiger partial charge in [0, 0.05) is 16.7 Å². The molecule has 0 aliphatic heterocycles. The van der Waals surface area contributed by atoms with E-state index in [0.29, 0.717) is 51.8 Å². The van der Waals surface area contributed by atoms with Gasteiger partial charge in [0.2, 0.25) is 0 Å². The van der Waals surface area contributed by atoms with Gasteiger partial charge in [0.15, 0.2) is 11.5 Å². The molecule has 4 aromatic rings. The van der Waals surface area contributed by atoms with Gasteiger partial charge < -0.3 is 14.2 Å². The van der Waals surface area contributed by atoms with Gasteiger partial charge in [-0.1, -0.05) is 54.2 Å². The van der Waals surface area contributed by atoms with E-state index in [-0.39, 0.29) is 11.5 Å². The quantitative estimate of drug-likeness (QED) is 0.105. The summed E-state index contributed by atoms with van der Waals surface area (Å²) in [6.45, 7) is 2.14. The number of nitrogens with zero attached hydrogens (tertiary/aromatic N) is 2. The van der Waals surface area contributed by atoms with E-state index in [0.717, 1.165) is 22.9 Å². The maximum Gasteiger partial charge on any atom is 0.321 e. The summed E-state index contributed by atoms with van der Waals surface area (Å²) in [5.74, 6) is 0.585. The lowest BCUT2D eigenvalue weighted by Crippen LogP contribution is -2.12. The summed E-state index contributed by atoms with van der Waals surface area (Å²) in [4.78, 5) is 28.6. The third-order valence-corrected chi connectivity index (χ3v) is 6.47. The Bertz CT molecular complexity index is 1480. The van der Waals surface area contributed by atoms with Crippen LogP contribution in [-0.2, 0) is 4.79 Å². The molecule has 3 aromatic carbocycles. The van der Waals surface area contributed by atoms with Crippen molar-refractivity contribution >= 4 is 24.0 Å². The van der Waals surface area contributed by atoms with E-state index in [1.807, 2.05) is 60.7 Å². The molecule has 4 rings (SSSR count). The van der Waals surface area contributed by atoms with Crippen LogP contribution in [-0.4, -0.2) is 36.7 Å². The van der Waals surface area contributed by atoms with Crippen LogP contribution in [0.25, 0.3) is 22.4 Å². The van der Waals surface area contributed by atoms with Crippen molar-refractivity contribution in [2.45, 2.75) is 11.9 Å². The van der Waals surface area contributed by atoms with Crippen LogP contribution in [0.3, 0.4) is 0 Å². The standard InChI is InChI=1S/C30H24N2O5S/c1-3-36-28-15-20(18-33)9-14-27(28)37-29(34)19-38-30-25(17-31)24(21-10-12-23(35-2)13-11-21)16-26(32-30)22-7-5-4-6-8-22/h4-16,18H,3,19H2,1-2H3. The first-order chi connectivity index (χ1) is 18.6. The van der Waals surface area contributed by atoms with E-state index < -0.39 is 5.97 Å². The zero-order chi connectivity index (χ0) is 26.9. The van der Waals surface area contributed by atoms with Gasteiger partial charge in [-0.15, -0.1) is 0 Å². The number of rotatable bonds is 10. The Morgan fingerprint density at radius 2 is 1.76 bits per heavy atom. The van der Waals surface area contributed by atoms with Crippen LogP contribution >= 0.6 is 11.8 Å². The number of benzene rings is 3. The van der Waals surface area contributed by atoms with Crippen LogP contribution in [0.15, 0.2) is 83.9 Å². The van der Waals surface area contributed by atoms with Gasteiger partial charge in [-0.3, -0.25) is 9.59 Å². The lowest BCUT2D eigenvalue weighted by atomic mass is 9.99. The molecule has 0 amide bonds. The topological polar surface area (TPSA) is 98.5 Å². The number of aldehydes is 1. The molecule has 0 saturated heterocycles. The highest BCUT2D eigenvalue weighted by Gasteiger charge is 2.19. The SMILES string of the molecule is CCOc1cc(C=O)ccc1OC(=O)CSc1nc(-c2ccccc2)cc(-c2ccc(OC)cc2)c1C#N. The maximum absolute atomic E-state index is 12.8. The van der Waals surface area contributed by atoms with E-state index >= 15 is 0 Å². The Morgan fingerprint density at radius 1 is 1.00 bits per heavy atom. The second-order valence-electron chi connectivity index (χ2n) is 7.96. The van der Waals surface area contributed by atoms with Crippen LogP contribution < -0.4 is 14.2 Å². The Balaban J connectivity index is 1.65. The molecule has 0 saturated carbocycles. The average Bonchev–Trinajstić information content (AvgIpc) is 2.97. The van der Waals surface area contributed by atoms with Crippen LogP contribution in [0.1, 0.15) is 22.8 Å². The molecule has 0 aliphatic rings. The van der Waals surface area contributed by atoms with Crippen molar-refractivity contribution < 1.29 is 23.8 Å². The molecule has 0 bridgehead atoms. The molecule has 7 nitrogen and oxygen atoms in total. The first-order valence-electron chi connectivity index (χ1n) is 11.8. The smallest absolute Gasteiger partial charge is 0.321 e. The van der Waals surface area contributed by atoms with Gasteiger partial charge in [0.1, 0.15) is 23.1 Å². The van der Waals surface area contributed by atoms with E-state index in [4.69, 9.17) is 19.2 Å². The van der Waals surface area contributed by atoms with Crippen LogP contribution in [0.2, 0.25) is 0 Å². The summed E-state index contributed by atoms with van der Waals surface area (Å²) in [7, 11) is 1.59. The van der Waals surface area contributed by atoms with Crippen molar-refractivity contribution in [3.05, 3.63) is 90.0 Å². The minimum Gasteiger partial charge on any atom is -0.497 e. The summed E-state index contributed by atoms with van der Waals surface area (Å²) in [5.41, 5.74) is 3.85. The molecule has 0 unspecified atom stereocenters. The number of aromatic nitrogens is 1. The third-order valence-electron chi connectivity index (χ3n) is 5.52. The zero-order valence-electron chi connectivity index (χ0n) is 20.8. The van der Waals surface area contributed by atoms with E-state index in [2.05, 4.69) is 6.07 Å². The number of thioether (sulfide) groups is 1. The van der Waals surface area contributed by atoms with Gasteiger partial charge in [0.25, 0.3) is 0 Å². The molecular weight excluding hydrogens is 500 g/mol. The van der Waals surface area contributed by atoms with Crippen molar-refractivity contribution in [2.24, 2.45) is 0 Å². The molecule has 190 valence electrons. The normalized spacial score (nSPS) is 10.3. The Hall–Kier alpha value is -4.61. The molecular formula is C30H24N2O5S. The van der Waals surface area contributed by atoms with Crippen molar-refractivity contribution in [1.29, 1.82) is 5.26 Å². The first-order valence-corrected chi connectivity index (χ1v) is 12.7. The molecule has 1 heterocycles. The zero-order valence-corrected chi connectivity index (χ0v) is 21.7. The lowest BCUT2D eigenvalue weighted by molar-refractivity contribution is -0.131. The van der Waals surface area contributed by atoms with Gasteiger partial charge in [-0.05, 0) is 48.9 Å². The van der Waals surface area contributed by atoms with Crippen LogP contribution in [0.4, 0.5) is 0 Å². The van der Waals surface area contributed by atoms with Gasteiger partial charge in [-0.25, -0.2) is 4.98 Å². The summed E-state index contributed by atoms with van der Waals surface area (Å²) in [6, 6.07) is 25.8. The number of hydrogen-bond acceptors (Lipinski definition) is 8. The molecule has 0 N–H and O–H groups in total. The summed E-state index contributed by atoms with van der Waals surface area (Å²) >= 11 is 1.12. The number of pyridine rings is 1. The number of carbonyl (C=O) groups is 2. The minimum atomic E-state index is -0.545. The Kier molecular flexibility index (Phi) is 8.75. The van der Waals surface area contributed by atoms with Crippen molar-refractivity contribution in [2.75, 3.05) is 19.5 Å². The number of carbonyl (C=O) groups excluding carboxylic acids is 2. The van der Waals surface area contributed by atoms with E-state index in [1.54, 1.807) is 20.1 Å². The third kappa shape index (κ3) is 6.20. The van der Waals surface area contributed by atoms with Crippen LogP contribution in [0.5, 0.6) is 17.2 Å². The van der Waals surface area contributed by atoms with Gasteiger partial charge in [-0.2, -0.15) is 5.26 Å². The molecule has 8 heteroatoms. The Labute approximate surface area is 225 Å². The second kappa shape index (κ2) is 12.6. The monoisotopic (exact) mass is 524 g/mol. The summed E-state index contributed by atoms with van der Waals surface area (Å²) in [6.07, 6.45) is 0.694. The van der Waals surface area contributed by atoms with Crippen molar-refractivity contribution in [3.8, 4) is 45.7 Å². The number of ether oxygens (including phenoxy) is 3. The highest BCUT2D eigenvalue weighted by molar-refractivity contribution is 7.99. The summed E-state index contributed by atoms with van der Waals surface area (Å²) < 4.78 is 16.3. The fourth-order valence-electron chi connectivity index (χ4n) is 3.72. The van der Waals surface area contributed by atoms with Gasteiger partial charge in [0.05, 0.1) is 30.7 Å². The maximum atomic E-state index is 12.8. The molecule has 0 atom stereocenters. The lowest BCUT2D eigenvalue weighted by Gasteiger charge is -2.13. The fourth-order valence-corrected chi connectivity index (χ4v) is 4.50. The largest absolute Gasteiger partial charge is 0.497 e. The second-order valence-corrected chi connectivity index (χ2v) is 8.93. The number of methoxy groups -OCH3 is 1. The highest BCUT2D eigenvalue weighted by Crippen LogP contribution is 2.35. The number of hydrogen-bond donors (Lipinski definition) is 0. The molecule has 0 spiro atoms. The summed E-state index contributed by atoms with van der Waals surface area (Å²) in [5, 5.41) is 10.5. The predicted octanol–water partition coefficient (Wildman–Crippen LogP) is 6.20. The van der Waals surface area contributed by atoms with Crippen LogP contribution in [0, 0.1) is 11.3 Å². The predicted molar refractivity (Wildman–Crippen MR) is 146 cm³/mol. The fraction of sp³-hybridized carbons (Fsp3) is 0.133. The van der Waals surface area contributed by atoms with Crippen molar-refractivity contribution in [1.82, 2.24) is 4.98 Å². The Morgan fingerprint density at radius 3 is 2.42 bits per heavy atom. The first kappa shape index (κ1) is 26.5. The molecule has 0 fully saturated rings. The molecule has 0 radical (unpaired) electrons. The number of esters is 1. The highest BCUT2D eigenvalue weighted by atomic mass is 32.2. The van der Waals surface area contributed by atoms with Gasteiger partial charge >= 0.3 is 5.97 Å². The minimum absolute atomic E-state index is 0.0943. The van der Waals surface area contributed by atoms with E-state index in [9.17, 15) is 14.9 Å². The molecule has 38 heavy (non-hydrogen) atoms. The van der Waals surface area contributed by atoms with E-state index in [1.165, 1.54) is 12.1 Å².